The molecule has 1 aromatic heterocycles. The fraction of sp³-hybridized carbons (Fsp3) is 0.444. The van der Waals surface area contributed by atoms with Crippen molar-refractivity contribution in [1.29, 1.82) is 0 Å². The summed E-state index contributed by atoms with van der Waals surface area (Å²) >= 11 is 3.46. The van der Waals surface area contributed by atoms with Crippen molar-refractivity contribution < 1.29 is 4.79 Å². The zero-order valence-electron chi connectivity index (χ0n) is 14.1. The average molecular weight is 391 g/mol. The molecule has 0 bridgehead atoms. The Morgan fingerprint density at radius 1 is 1.25 bits per heavy atom. The van der Waals surface area contributed by atoms with Gasteiger partial charge in [-0.3, -0.25) is 4.79 Å². The Balaban J connectivity index is 1.55. The van der Waals surface area contributed by atoms with Crippen LogP contribution in [0.25, 0.3) is 5.69 Å². The number of nitrogens with one attached hydrogen (secondary N) is 2. The van der Waals surface area contributed by atoms with Gasteiger partial charge in [0.15, 0.2) is 0 Å². The van der Waals surface area contributed by atoms with E-state index in [1.54, 1.807) is 0 Å². The van der Waals surface area contributed by atoms with Crippen molar-refractivity contribution in [3.05, 3.63) is 45.7 Å². The molecule has 2 aromatic rings. The number of carbonyl (C=O) groups is 1. The van der Waals surface area contributed by atoms with Gasteiger partial charge in [0.05, 0.1) is 11.4 Å². The Hall–Kier alpha value is -1.66. The third kappa shape index (κ3) is 4.05. The minimum Gasteiger partial charge on any atom is -0.355 e. The smallest absolute Gasteiger partial charge is 0.223 e. The number of aromatic nitrogens is 2. The van der Waals surface area contributed by atoms with E-state index in [1.165, 1.54) is 5.56 Å². The Morgan fingerprint density at radius 2 is 1.96 bits per heavy atom. The van der Waals surface area contributed by atoms with Crippen molar-refractivity contribution in [1.82, 2.24) is 20.4 Å². The SMILES string of the molecule is Cc1nn(-c2ccc(Br)cc2)c(C)c1CNCCNC(=O)C1CC1. The summed E-state index contributed by atoms with van der Waals surface area (Å²) in [6.07, 6.45) is 2.10. The van der Waals surface area contributed by atoms with Gasteiger partial charge >= 0.3 is 0 Å². The first kappa shape index (κ1) is 17.2. The lowest BCUT2D eigenvalue weighted by atomic mass is 10.2. The molecule has 1 fully saturated rings. The minimum absolute atomic E-state index is 0.201. The fourth-order valence-corrected chi connectivity index (χ4v) is 3.01. The number of rotatable bonds is 7. The molecule has 1 heterocycles. The third-order valence-electron chi connectivity index (χ3n) is 4.36. The summed E-state index contributed by atoms with van der Waals surface area (Å²) < 4.78 is 3.04. The number of amides is 1. The van der Waals surface area contributed by atoms with Crippen molar-refractivity contribution in [2.45, 2.75) is 33.2 Å². The molecule has 5 nitrogen and oxygen atoms in total. The van der Waals surface area contributed by atoms with Crippen LogP contribution in [0.5, 0.6) is 0 Å². The number of halogens is 1. The van der Waals surface area contributed by atoms with Crippen LogP contribution in [0.15, 0.2) is 28.7 Å². The van der Waals surface area contributed by atoms with E-state index in [9.17, 15) is 4.79 Å². The Labute approximate surface area is 151 Å². The van der Waals surface area contributed by atoms with E-state index < -0.39 is 0 Å². The zero-order chi connectivity index (χ0) is 17.1. The van der Waals surface area contributed by atoms with Crippen molar-refractivity contribution in [3.63, 3.8) is 0 Å². The normalized spacial score (nSPS) is 14.0. The van der Waals surface area contributed by atoms with Gasteiger partial charge in [-0.15, -0.1) is 0 Å². The van der Waals surface area contributed by atoms with Gasteiger partial charge in [-0.25, -0.2) is 4.68 Å². The van der Waals surface area contributed by atoms with Crippen LogP contribution in [0, 0.1) is 19.8 Å². The van der Waals surface area contributed by atoms with E-state index in [0.717, 1.165) is 47.5 Å². The molecule has 0 spiro atoms. The molecular weight excluding hydrogens is 368 g/mol. The monoisotopic (exact) mass is 390 g/mol. The second-order valence-electron chi connectivity index (χ2n) is 6.28. The molecule has 128 valence electrons. The highest BCUT2D eigenvalue weighted by atomic mass is 79.9. The number of benzene rings is 1. The van der Waals surface area contributed by atoms with Crippen LogP contribution in [-0.2, 0) is 11.3 Å². The molecule has 1 aromatic carbocycles. The molecule has 1 aliphatic carbocycles. The maximum Gasteiger partial charge on any atom is 0.223 e. The second-order valence-corrected chi connectivity index (χ2v) is 7.20. The lowest BCUT2D eigenvalue weighted by Crippen LogP contribution is -2.32. The Morgan fingerprint density at radius 3 is 2.62 bits per heavy atom. The first-order valence-corrected chi connectivity index (χ1v) is 9.15. The molecule has 6 heteroatoms. The van der Waals surface area contributed by atoms with E-state index in [2.05, 4.69) is 38.6 Å². The highest BCUT2D eigenvalue weighted by Crippen LogP contribution is 2.28. The molecule has 0 saturated heterocycles. The molecule has 24 heavy (non-hydrogen) atoms. The predicted octanol–water partition coefficient (Wildman–Crippen LogP) is 2.87. The average Bonchev–Trinajstić information content (AvgIpc) is 3.37. The molecule has 0 aliphatic heterocycles. The summed E-state index contributed by atoms with van der Waals surface area (Å²) in [4.78, 5) is 11.6. The lowest BCUT2D eigenvalue weighted by Gasteiger charge is -2.08. The Bertz CT molecular complexity index is 719. The third-order valence-corrected chi connectivity index (χ3v) is 4.89. The summed E-state index contributed by atoms with van der Waals surface area (Å²) in [5.74, 6) is 0.478. The van der Waals surface area contributed by atoms with Gasteiger partial charge in [0, 0.05) is 41.3 Å². The maximum atomic E-state index is 11.6. The van der Waals surface area contributed by atoms with E-state index in [0.29, 0.717) is 6.54 Å². The lowest BCUT2D eigenvalue weighted by molar-refractivity contribution is -0.122. The molecule has 3 rings (SSSR count). The van der Waals surface area contributed by atoms with Crippen LogP contribution < -0.4 is 10.6 Å². The molecule has 2 N–H and O–H groups in total. The van der Waals surface area contributed by atoms with Gasteiger partial charge < -0.3 is 10.6 Å². The van der Waals surface area contributed by atoms with Crippen molar-refractivity contribution in [3.8, 4) is 5.69 Å². The minimum atomic E-state index is 0.201. The van der Waals surface area contributed by atoms with Crippen LogP contribution in [-0.4, -0.2) is 28.8 Å². The van der Waals surface area contributed by atoms with Crippen molar-refractivity contribution in [2.75, 3.05) is 13.1 Å². The molecule has 1 saturated carbocycles. The summed E-state index contributed by atoms with van der Waals surface area (Å²) in [7, 11) is 0. The molecule has 1 amide bonds. The highest BCUT2D eigenvalue weighted by molar-refractivity contribution is 9.10. The van der Waals surface area contributed by atoms with Crippen molar-refractivity contribution >= 4 is 21.8 Å². The van der Waals surface area contributed by atoms with Crippen LogP contribution in [0.1, 0.15) is 29.8 Å². The molecule has 0 atom stereocenters. The molecule has 1 aliphatic rings. The van der Waals surface area contributed by atoms with Crippen LogP contribution in [0.2, 0.25) is 0 Å². The van der Waals surface area contributed by atoms with Crippen LogP contribution in [0.4, 0.5) is 0 Å². The number of hydrogen-bond donors (Lipinski definition) is 2. The maximum absolute atomic E-state index is 11.6. The summed E-state index contributed by atoms with van der Waals surface area (Å²) in [6, 6.07) is 8.14. The van der Waals surface area contributed by atoms with E-state index in [4.69, 9.17) is 0 Å². The first-order chi connectivity index (χ1) is 11.6. The molecular formula is C18H23BrN4O. The van der Waals surface area contributed by atoms with Gasteiger partial charge in [0.25, 0.3) is 0 Å². The van der Waals surface area contributed by atoms with E-state index in [-0.39, 0.29) is 11.8 Å². The second kappa shape index (κ2) is 7.49. The molecule has 0 radical (unpaired) electrons. The summed E-state index contributed by atoms with van der Waals surface area (Å²) in [5.41, 5.74) is 4.45. The summed E-state index contributed by atoms with van der Waals surface area (Å²) in [6.45, 7) is 6.32. The van der Waals surface area contributed by atoms with Crippen molar-refractivity contribution in [2.24, 2.45) is 5.92 Å². The van der Waals surface area contributed by atoms with Gasteiger partial charge in [0.1, 0.15) is 0 Å². The van der Waals surface area contributed by atoms with Crippen LogP contribution in [0.3, 0.4) is 0 Å². The van der Waals surface area contributed by atoms with E-state index >= 15 is 0 Å². The number of nitrogens with zero attached hydrogens (tertiary/aromatic N) is 2. The predicted molar refractivity (Wildman–Crippen MR) is 98.2 cm³/mol. The van der Waals surface area contributed by atoms with E-state index in [1.807, 2.05) is 35.9 Å². The topological polar surface area (TPSA) is 59.0 Å². The molecule has 0 unspecified atom stereocenters. The van der Waals surface area contributed by atoms with Crippen LogP contribution >= 0.6 is 15.9 Å². The van der Waals surface area contributed by atoms with Gasteiger partial charge in [0.2, 0.25) is 5.91 Å². The quantitative estimate of drug-likeness (QED) is 0.714. The number of hydrogen-bond acceptors (Lipinski definition) is 3. The number of carbonyl (C=O) groups excluding carboxylic acids is 1. The van der Waals surface area contributed by atoms with Gasteiger partial charge in [-0.2, -0.15) is 5.10 Å². The van der Waals surface area contributed by atoms with Gasteiger partial charge in [-0.05, 0) is 51.0 Å². The highest BCUT2D eigenvalue weighted by Gasteiger charge is 2.28. The fourth-order valence-electron chi connectivity index (χ4n) is 2.74. The summed E-state index contributed by atoms with van der Waals surface area (Å²) in [5, 5.41) is 11.0. The largest absolute Gasteiger partial charge is 0.355 e. The zero-order valence-corrected chi connectivity index (χ0v) is 15.7. The standard InChI is InChI=1S/C18H23BrN4O/c1-12-17(11-20-9-10-21-18(24)14-3-4-14)13(2)23(22-12)16-7-5-15(19)6-8-16/h5-8,14,20H,3-4,9-11H2,1-2H3,(H,21,24). The Kier molecular flexibility index (Phi) is 5.36. The van der Waals surface area contributed by atoms with Gasteiger partial charge in [-0.1, -0.05) is 15.9 Å². The first-order valence-electron chi connectivity index (χ1n) is 8.35. The number of aryl methyl sites for hydroxylation is 1.